The predicted molar refractivity (Wildman–Crippen MR) is 82.6 cm³/mol. The third-order valence-electron chi connectivity index (χ3n) is 6.23. The van der Waals surface area contributed by atoms with E-state index in [9.17, 15) is 0 Å². The molecule has 0 spiro atoms. The third-order valence-corrected chi connectivity index (χ3v) is 6.23. The van der Waals surface area contributed by atoms with Gasteiger partial charge in [0.25, 0.3) is 0 Å². The van der Waals surface area contributed by atoms with Crippen molar-refractivity contribution < 1.29 is 0 Å². The molecular formula is C18H23N3. The van der Waals surface area contributed by atoms with E-state index in [1.165, 1.54) is 38.5 Å². The predicted octanol–water partition coefficient (Wildman–Crippen LogP) is 3.97. The Bertz CT molecular complexity index is 551. The Labute approximate surface area is 126 Å². The quantitative estimate of drug-likeness (QED) is 0.912. The summed E-state index contributed by atoms with van der Waals surface area (Å²) in [6.07, 6.45) is 8.62. The van der Waals surface area contributed by atoms with Gasteiger partial charge in [-0.15, -0.1) is 0 Å². The van der Waals surface area contributed by atoms with Gasteiger partial charge >= 0.3 is 0 Å². The molecule has 0 saturated heterocycles. The monoisotopic (exact) mass is 281 g/mol. The zero-order chi connectivity index (χ0) is 14.4. The normalized spacial score (nSPS) is 38.0. The van der Waals surface area contributed by atoms with E-state index >= 15 is 0 Å². The Kier molecular flexibility index (Phi) is 2.96. The van der Waals surface area contributed by atoms with E-state index in [4.69, 9.17) is 5.26 Å². The molecule has 0 aromatic carbocycles. The molecule has 3 nitrogen and oxygen atoms in total. The maximum Gasteiger partial charge on any atom is 0.142 e. The van der Waals surface area contributed by atoms with Gasteiger partial charge in [-0.25, -0.2) is 4.98 Å². The van der Waals surface area contributed by atoms with Crippen LogP contribution in [0.5, 0.6) is 0 Å². The van der Waals surface area contributed by atoms with Crippen LogP contribution in [0.15, 0.2) is 18.2 Å². The molecule has 21 heavy (non-hydrogen) atoms. The van der Waals surface area contributed by atoms with Crippen molar-refractivity contribution in [2.24, 2.45) is 23.2 Å². The highest BCUT2D eigenvalue weighted by Gasteiger charge is 2.53. The molecule has 1 unspecified atom stereocenters. The number of rotatable bonds is 3. The number of nitriles is 1. The van der Waals surface area contributed by atoms with Gasteiger partial charge in [0.05, 0.1) is 0 Å². The van der Waals surface area contributed by atoms with Gasteiger partial charge in [-0.05, 0) is 80.8 Å². The van der Waals surface area contributed by atoms with Crippen LogP contribution in [0, 0.1) is 34.5 Å². The lowest BCUT2D eigenvalue weighted by Crippen LogP contribution is -2.53. The largest absolute Gasteiger partial charge is 0.367 e. The van der Waals surface area contributed by atoms with E-state index in [-0.39, 0.29) is 0 Å². The van der Waals surface area contributed by atoms with Gasteiger partial charge in [-0.1, -0.05) is 6.07 Å². The topological polar surface area (TPSA) is 48.7 Å². The molecule has 0 amide bonds. The smallest absolute Gasteiger partial charge is 0.142 e. The highest BCUT2D eigenvalue weighted by molar-refractivity contribution is 5.39. The lowest BCUT2D eigenvalue weighted by atomic mass is 9.48. The lowest BCUT2D eigenvalue weighted by Gasteiger charge is -2.59. The van der Waals surface area contributed by atoms with Crippen molar-refractivity contribution >= 4 is 5.82 Å². The highest BCUT2D eigenvalue weighted by Crippen LogP contribution is 2.61. The van der Waals surface area contributed by atoms with Crippen molar-refractivity contribution in [1.82, 2.24) is 4.98 Å². The van der Waals surface area contributed by atoms with Gasteiger partial charge < -0.3 is 5.32 Å². The second-order valence-corrected chi connectivity index (χ2v) is 7.67. The Hall–Kier alpha value is -1.56. The number of hydrogen-bond donors (Lipinski definition) is 1. The zero-order valence-corrected chi connectivity index (χ0v) is 12.7. The van der Waals surface area contributed by atoms with Crippen molar-refractivity contribution in [3.05, 3.63) is 23.9 Å². The SMILES string of the molecule is CC(Nc1cccc(C#N)n1)C12CC3CC(CC(C3)C1)C2. The van der Waals surface area contributed by atoms with Crippen molar-refractivity contribution in [2.45, 2.75) is 51.5 Å². The summed E-state index contributed by atoms with van der Waals surface area (Å²) in [6, 6.07) is 8.24. The number of hydrogen-bond acceptors (Lipinski definition) is 3. The van der Waals surface area contributed by atoms with Crippen molar-refractivity contribution in [2.75, 3.05) is 5.32 Å². The standard InChI is InChI=1S/C18H23N3/c1-12(20-17-4-2-3-16(11-19)21-17)18-8-13-5-14(9-18)7-15(6-13)10-18/h2-4,12-15H,5-10H2,1H3,(H,20,21). The van der Waals surface area contributed by atoms with Gasteiger partial charge in [0.15, 0.2) is 0 Å². The maximum absolute atomic E-state index is 8.99. The average Bonchev–Trinajstić information content (AvgIpc) is 2.46. The van der Waals surface area contributed by atoms with E-state index in [0.29, 0.717) is 17.2 Å². The van der Waals surface area contributed by atoms with Gasteiger partial charge in [0, 0.05) is 6.04 Å². The molecule has 3 heteroatoms. The molecule has 1 heterocycles. The molecule has 1 aromatic rings. The fraction of sp³-hybridized carbons (Fsp3) is 0.667. The minimum atomic E-state index is 0.451. The van der Waals surface area contributed by atoms with Crippen LogP contribution in [0.1, 0.15) is 51.1 Å². The van der Waals surface area contributed by atoms with Crippen molar-refractivity contribution in [3.63, 3.8) is 0 Å². The lowest BCUT2D eigenvalue weighted by molar-refractivity contribution is -0.0603. The molecule has 4 fully saturated rings. The summed E-state index contributed by atoms with van der Waals surface area (Å²) in [6.45, 7) is 2.33. The van der Waals surface area contributed by atoms with Crippen LogP contribution >= 0.6 is 0 Å². The van der Waals surface area contributed by atoms with Crippen molar-refractivity contribution in [3.8, 4) is 6.07 Å². The van der Waals surface area contributed by atoms with Gasteiger partial charge in [0.1, 0.15) is 17.6 Å². The Morgan fingerprint density at radius 2 is 1.81 bits per heavy atom. The second kappa shape index (κ2) is 4.73. The fourth-order valence-electron chi connectivity index (χ4n) is 5.66. The first kappa shape index (κ1) is 13.1. The number of anilines is 1. The van der Waals surface area contributed by atoms with Crippen LogP contribution in [-0.2, 0) is 0 Å². The first-order chi connectivity index (χ1) is 10.2. The first-order valence-electron chi connectivity index (χ1n) is 8.30. The average molecular weight is 281 g/mol. The number of pyridine rings is 1. The summed E-state index contributed by atoms with van der Waals surface area (Å²) in [5, 5.41) is 12.6. The van der Waals surface area contributed by atoms with E-state index in [2.05, 4.69) is 23.3 Å². The minimum absolute atomic E-state index is 0.451. The molecule has 4 aliphatic carbocycles. The van der Waals surface area contributed by atoms with E-state index in [0.717, 1.165) is 23.6 Å². The Balaban J connectivity index is 1.54. The van der Waals surface area contributed by atoms with Gasteiger partial charge in [-0.3, -0.25) is 0 Å². The molecule has 4 saturated carbocycles. The summed E-state index contributed by atoms with van der Waals surface area (Å²) in [7, 11) is 0. The maximum atomic E-state index is 8.99. The summed E-state index contributed by atoms with van der Waals surface area (Å²) < 4.78 is 0. The molecule has 4 aliphatic rings. The summed E-state index contributed by atoms with van der Waals surface area (Å²) in [4.78, 5) is 4.39. The van der Waals surface area contributed by atoms with Crippen molar-refractivity contribution in [1.29, 1.82) is 5.26 Å². The summed E-state index contributed by atoms with van der Waals surface area (Å²) in [5.41, 5.74) is 0.969. The van der Waals surface area contributed by atoms with Crippen LogP contribution in [0.3, 0.4) is 0 Å². The molecule has 1 atom stereocenters. The van der Waals surface area contributed by atoms with Crippen LogP contribution < -0.4 is 5.32 Å². The molecule has 1 aromatic heterocycles. The Morgan fingerprint density at radius 3 is 2.38 bits per heavy atom. The van der Waals surface area contributed by atoms with Gasteiger partial charge in [-0.2, -0.15) is 5.26 Å². The number of nitrogens with one attached hydrogen (secondary N) is 1. The third kappa shape index (κ3) is 2.21. The van der Waals surface area contributed by atoms with Crippen LogP contribution in [0.25, 0.3) is 0 Å². The van der Waals surface area contributed by atoms with Crippen LogP contribution in [0.4, 0.5) is 5.82 Å². The fourth-order valence-corrected chi connectivity index (χ4v) is 5.66. The number of aromatic nitrogens is 1. The molecule has 0 radical (unpaired) electrons. The number of nitrogens with zero attached hydrogens (tertiary/aromatic N) is 2. The van der Waals surface area contributed by atoms with E-state index < -0.39 is 0 Å². The molecule has 1 N–H and O–H groups in total. The highest BCUT2D eigenvalue weighted by atomic mass is 15.0. The minimum Gasteiger partial charge on any atom is -0.367 e. The second-order valence-electron chi connectivity index (χ2n) is 7.67. The van der Waals surface area contributed by atoms with E-state index in [1.807, 2.05) is 12.1 Å². The van der Waals surface area contributed by atoms with Crippen LogP contribution in [-0.4, -0.2) is 11.0 Å². The first-order valence-corrected chi connectivity index (χ1v) is 8.30. The zero-order valence-electron chi connectivity index (χ0n) is 12.7. The summed E-state index contributed by atoms with van der Waals surface area (Å²) in [5.74, 6) is 3.77. The molecular weight excluding hydrogens is 258 g/mol. The molecule has 5 rings (SSSR count). The van der Waals surface area contributed by atoms with E-state index in [1.54, 1.807) is 6.07 Å². The molecule has 0 aliphatic heterocycles. The summed E-state index contributed by atoms with van der Waals surface area (Å²) >= 11 is 0. The molecule has 4 bridgehead atoms. The van der Waals surface area contributed by atoms with Gasteiger partial charge in [0.2, 0.25) is 0 Å². The Morgan fingerprint density at radius 1 is 1.19 bits per heavy atom. The van der Waals surface area contributed by atoms with Crippen LogP contribution in [0.2, 0.25) is 0 Å². The molecule has 110 valence electrons.